The Hall–Kier alpha value is -1.32. The van der Waals surface area contributed by atoms with Crippen LogP contribution < -0.4 is 10.1 Å². The van der Waals surface area contributed by atoms with Gasteiger partial charge in [-0.3, -0.25) is 0 Å². The van der Waals surface area contributed by atoms with E-state index >= 15 is 0 Å². The van der Waals surface area contributed by atoms with Crippen molar-refractivity contribution in [3.8, 4) is 5.75 Å². The van der Waals surface area contributed by atoms with Crippen molar-refractivity contribution in [1.82, 2.24) is 5.32 Å². The van der Waals surface area contributed by atoms with Crippen molar-refractivity contribution in [2.24, 2.45) is 0 Å². The smallest absolute Gasteiger partial charge is 0.124 e. The van der Waals surface area contributed by atoms with Gasteiger partial charge in [0.25, 0.3) is 0 Å². The minimum absolute atomic E-state index is 0.205. The summed E-state index contributed by atoms with van der Waals surface area (Å²) in [5.41, 5.74) is 2.60. The fraction of sp³-hybridized carbons (Fsp3) is 0.333. The van der Waals surface area contributed by atoms with Gasteiger partial charge in [-0.1, -0.05) is 25.1 Å². The van der Waals surface area contributed by atoms with Crippen molar-refractivity contribution in [3.63, 3.8) is 0 Å². The van der Waals surface area contributed by atoms with Gasteiger partial charge in [-0.05, 0) is 36.5 Å². The summed E-state index contributed by atoms with van der Waals surface area (Å²) in [4.78, 5) is 1.38. The van der Waals surface area contributed by atoms with Gasteiger partial charge in [-0.2, -0.15) is 0 Å². The highest BCUT2D eigenvalue weighted by atomic mass is 32.1. The average molecular weight is 261 g/mol. The summed E-state index contributed by atoms with van der Waals surface area (Å²) in [5, 5.41) is 5.56. The molecule has 3 heteroatoms. The molecule has 0 spiro atoms. The maximum atomic E-state index is 5.46. The summed E-state index contributed by atoms with van der Waals surface area (Å²) in [7, 11) is 3.72. The number of hydrogen-bond donors (Lipinski definition) is 1. The number of methoxy groups -OCH3 is 1. The van der Waals surface area contributed by atoms with Gasteiger partial charge >= 0.3 is 0 Å². The summed E-state index contributed by atoms with van der Waals surface area (Å²) in [5.74, 6) is 0.937. The van der Waals surface area contributed by atoms with E-state index in [1.807, 2.05) is 19.2 Å². The highest BCUT2D eigenvalue weighted by Crippen LogP contribution is 2.34. The topological polar surface area (TPSA) is 21.3 Å². The van der Waals surface area contributed by atoms with Gasteiger partial charge < -0.3 is 10.1 Å². The van der Waals surface area contributed by atoms with E-state index in [-0.39, 0.29) is 6.04 Å². The molecule has 1 N–H and O–H groups in total. The Balaban J connectivity index is 2.45. The minimum atomic E-state index is 0.205. The zero-order valence-corrected chi connectivity index (χ0v) is 11.9. The molecule has 1 aromatic heterocycles. The van der Waals surface area contributed by atoms with Crippen LogP contribution in [0.1, 0.15) is 29.0 Å². The van der Waals surface area contributed by atoms with Crippen LogP contribution in [0.2, 0.25) is 0 Å². The Morgan fingerprint density at radius 2 is 2.06 bits per heavy atom. The molecular weight excluding hydrogens is 242 g/mol. The van der Waals surface area contributed by atoms with E-state index in [0.29, 0.717) is 0 Å². The Bertz CT molecular complexity index is 507. The van der Waals surface area contributed by atoms with Crippen molar-refractivity contribution in [2.45, 2.75) is 19.4 Å². The molecule has 0 aliphatic heterocycles. The first-order chi connectivity index (χ1) is 8.81. The Labute approximate surface area is 113 Å². The molecule has 18 heavy (non-hydrogen) atoms. The molecule has 96 valence electrons. The Kier molecular flexibility index (Phi) is 4.39. The maximum absolute atomic E-state index is 5.46. The monoisotopic (exact) mass is 261 g/mol. The molecular formula is C15H19NOS. The van der Waals surface area contributed by atoms with Crippen LogP contribution in [0, 0.1) is 0 Å². The maximum Gasteiger partial charge on any atom is 0.124 e. The summed E-state index contributed by atoms with van der Waals surface area (Å²) >= 11 is 1.80. The quantitative estimate of drug-likeness (QED) is 0.887. The molecule has 1 aromatic carbocycles. The lowest BCUT2D eigenvalue weighted by molar-refractivity contribution is 0.405. The van der Waals surface area contributed by atoms with E-state index in [2.05, 4.69) is 35.8 Å². The van der Waals surface area contributed by atoms with Crippen molar-refractivity contribution in [3.05, 3.63) is 51.7 Å². The number of nitrogens with one attached hydrogen (secondary N) is 1. The van der Waals surface area contributed by atoms with E-state index in [9.17, 15) is 0 Å². The zero-order chi connectivity index (χ0) is 13.0. The fourth-order valence-electron chi connectivity index (χ4n) is 2.23. The zero-order valence-electron chi connectivity index (χ0n) is 11.1. The van der Waals surface area contributed by atoms with Crippen LogP contribution >= 0.6 is 11.3 Å². The normalized spacial score (nSPS) is 12.4. The molecule has 0 saturated heterocycles. The molecule has 0 aliphatic rings. The van der Waals surface area contributed by atoms with E-state index < -0.39 is 0 Å². The molecule has 0 amide bonds. The third-order valence-corrected chi connectivity index (χ3v) is 4.19. The highest BCUT2D eigenvalue weighted by Gasteiger charge is 2.19. The predicted molar refractivity (Wildman–Crippen MR) is 77.6 cm³/mol. The van der Waals surface area contributed by atoms with Crippen LogP contribution in [0.4, 0.5) is 0 Å². The first-order valence-corrected chi connectivity index (χ1v) is 7.06. The van der Waals surface area contributed by atoms with Gasteiger partial charge in [0.1, 0.15) is 5.75 Å². The lowest BCUT2D eigenvalue weighted by atomic mass is 10.0. The molecule has 0 saturated carbocycles. The summed E-state index contributed by atoms with van der Waals surface area (Å²) in [6.45, 7) is 2.19. The highest BCUT2D eigenvalue weighted by molar-refractivity contribution is 7.10. The average Bonchev–Trinajstić information content (AvgIpc) is 2.88. The summed E-state index contributed by atoms with van der Waals surface area (Å²) in [6.07, 6.45) is 1.06. The lowest BCUT2D eigenvalue weighted by Crippen LogP contribution is -2.18. The van der Waals surface area contributed by atoms with Crippen molar-refractivity contribution >= 4 is 11.3 Å². The molecule has 1 atom stereocenters. The molecule has 2 nitrogen and oxygen atoms in total. The Morgan fingerprint density at radius 1 is 1.28 bits per heavy atom. The van der Waals surface area contributed by atoms with Crippen LogP contribution in [0.3, 0.4) is 0 Å². The molecule has 2 aromatic rings. The molecule has 0 radical (unpaired) electrons. The van der Waals surface area contributed by atoms with Crippen LogP contribution in [0.25, 0.3) is 0 Å². The van der Waals surface area contributed by atoms with E-state index in [1.54, 1.807) is 18.4 Å². The minimum Gasteiger partial charge on any atom is -0.496 e. The second kappa shape index (κ2) is 6.03. The standard InChI is InChI=1S/C15H19NOS/c1-4-11-9-10-18-15(11)14(16-2)12-7-5-6-8-13(12)17-3/h5-10,14,16H,4H2,1-3H3. The van der Waals surface area contributed by atoms with Crippen molar-refractivity contribution < 1.29 is 4.74 Å². The van der Waals surface area contributed by atoms with Gasteiger partial charge in [-0.25, -0.2) is 0 Å². The first kappa shape index (κ1) is 13.1. The largest absolute Gasteiger partial charge is 0.496 e. The third kappa shape index (κ3) is 2.42. The SMILES string of the molecule is CCc1ccsc1C(NC)c1ccccc1OC. The van der Waals surface area contributed by atoms with Gasteiger partial charge in [0.15, 0.2) is 0 Å². The van der Waals surface area contributed by atoms with E-state index in [0.717, 1.165) is 12.2 Å². The molecule has 2 rings (SSSR count). The molecule has 0 fully saturated rings. The molecule has 1 heterocycles. The van der Waals surface area contributed by atoms with Crippen molar-refractivity contribution in [1.29, 1.82) is 0 Å². The van der Waals surface area contributed by atoms with Crippen LogP contribution in [0.15, 0.2) is 35.7 Å². The third-order valence-electron chi connectivity index (χ3n) is 3.16. The first-order valence-electron chi connectivity index (χ1n) is 6.18. The molecule has 0 bridgehead atoms. The van der Waals surface area contributed by atoms with Gasteiger partial charge in [0.05, 0.1) is 13.2 Å². The van der Waals surface area contributed by atoms with Gasteiger partial charge in [0.2, 0.25) is 0 Å². The van der Waals surface area contributed by atoms with Gasteiger partial charge in [-0.15, -0.1) is 11.3 Å². The van der Waals surface area contributed by atoms with Gasteiger partial charge in [0, 0.05) is 10.4 Å². The summed E-state index contributed by atoms with van der Waals surface area (Å²) in [6, 6.07) is 10.6. The second-order valence-corrected chi connectivity index (χ2v) is 5.07. The van der Waals surface area contributed by atoms with Crippen LogP contribution in [0.5, 0.6) is 5.75 Å². The van der Waals surface area contributed by atoms with Crippen LogP contribution in [-0.2, 0) is 6.42 Å². The van der Waals surface area contributed by atoms with E-state index in [4.69, 9.17) is 4.74 Å². The predicted octanol–water partition coefficient (Wildman–Crippen LogP) is 3.63. The number of aryl methyl sites for hydroxylation is 1. The number of thiophene rings is 1. The molecule has 0 aliphatic carbocycles. The second-order valence-electron chi connectivity index (χ2n) is 4.13. The van der Waals surface area contributed by atoms with E-state index in [1.165, 1.54) is 16.0 Å². The summed E-state index contributed by atoms with van der Waals surface area (Å²) < 4.78 is 5.46. The number of rotatable bonds is 5. The number of para-hydroxylation sites is 1. The number of benzene rings is 1. The lowest BCUT2D eigenvalue weighted by Gasteiger charge is -2.19. The number of hydrogen-bond acceptors (Lipinski definition) is 3. The number of ether oxygens (including phenoxy) is 1. The fourth-order valence-corrected chi connectivity index (χ4v) is 3.35. The Morgan fingerprint density at radius 3 is 2.72 bits per heavy atom. The van der Waals surface area contributed by atoms with Crippen molar-refractivity contribution in [2.75, 3.05) is 14.2 Å². The van der Waals surface area contributed by atoms with Crippen LogP contribution in [-0.4, -0.2) is 14.2 Å². The molecule has 1 unspecified atom stereocenters.